The highest BCUT2D eigenvalue weighted by Gasteiger charge is 2.23. The van der Waals surface area contributed by atoms with Crippen molar-refractivity contribution in [1.82, 2.24) is 5.32 Å². The summed E-state index contributed by atoms with van der Waals surface area (Å²) in [6.07, 6.45) is 0. The minimum absolute atomic E-state index is 0.153. The van der Waals surface area contributed by atoms with E-state index in [1.165, 1.54) is 6.92 Å². The second-order valence-corrected chi connectivity index (χ2v) is 2.07. The molecular weight excluding hydrogens is 134 g/mol. The van der Waals surface area contributed by atoms with Gasteiger partial charge in [0, 0.05) is 0 Å². The van der Waals surface area contributed by atoms with E-state index in [2.05, 4.69) is 5.32 Å². The topological polar surface area (TPSA) is 66.4 Å². The van der Waals surface area contributed by atoms with Crippen molar-refractivity contribution in [3.63, 3.8) is 0 Å². The maximum absolute atomic E-state index is 10.6. The molecular formula is C6H7NO3. The number of ketones is 1. The molecule has 10 heavy (non-hydrogen) atoms. The summed E-state index contributed by atoms with van der Waals surface area (Å²) >= 11 is 0. The van der Waals surface area contributed by atoms with E-state index in [4.69, 9.17) is 5.11 Å². The molecule has 0 spiro atoms. The van der Waals surface area contributed by atoms with Crippen LogP contribution in [0.2, 0.25) is 0 Å². The quantitative estimate of drug-likeness (QED) is 0.518. The Hall–Kier alpha value is -1.32. The largest absolute Gasteiger partial charge is 0.503 e. The van der Waals surface area contributed by atoms with Crippen molar-refractivity contribution in [3.05, 3.63) is 11.3 Å². The molecule has 0 aliphatic carbocycles. The van der Waals surface area contributed by atoms with Crippen molar-refractivity contribution < 1.29 is 14.7 Å². The molecule has 1 amide bonds. The number of rotatable bonds is 1. The van der Waals surface area contributed by atoms with Gasteiger partial charge in [0.05, 0.1) is 12.1 Å². The SMILES string of the molecule is CC(=O)C1=C(O)C(=O)NC1. The number of aliphatic hydroxyl groups is 1. The number of carbonyl (C=O) groups excluding carboxylic acids is 2. The van der Waals surface area contributed by atoms with Gasteiger partial charge in [-0.1, -0.05) is 0 Å². The normalized spacial score (nSPS) is 17.5. The second kappa shape index (κ2) is 2.13. The molecule has 0 atom stereocenters. The third-order valence-corrected chi connectivity index (χ3v) is 1.35. The van der Waals surface area contributed by atoms with E-state index in [-0.39, 0.29) is 17.9 Å². The van der Waals surface area contributed by atoms with Crippen LogP contribution in [0.3, 0.4) is 0 Å². The minimum Gasteiger partial charge on any atom is -0.503 e. The molecule has 0 bridgehead atoms. The van der Waals surface area contributed by atoms with Crippen molar-refractivity contribution in [2.45, 2.75) is 6.92 Å². The Labute approximate surface area is 57.5 Å². The zero-order valence-corrected chi connectivity index (χ0v) is 5.47. The lowest BCUT2D eigenvalue weighted by Gasteiger charge is -1.90. The van der Waals surface area contributed by atoms with Crippen LogP contribution in [0.1, 0.15) is 6.92 Å². The van der Waals surface area contributed by atoms with Crippen molar-refractivity contribution in [1.29, 1.82) is 0 Å². The lowest BCUT2D eigenvalue weighted by molar-refractivity contribution is -0.119. The fourth-order valence-corrected chi connectivity index (χ4v) is 0.764. The van der Waals surface area contributed by atoms with Crippen LogP contribution in [-0.2, 0) is 9.59 Å². The summed E-state index contributed by atoms with van der Waals surface area (Å²) in [7, 11) is 0. The Morgan fingerprint density at radius 3 is 2.50 bits per heavy atom. The monoisotopic (exact) mass is 141 g/mol. The number of nitrogens with one attached hydrogen (secondary N) is 1. The van der Waals surface area contributed by atoms with E-state index in [1.54, 1.807) is 0 Å². The summed E-state index contributed by atoms with van der Waals surface area (Å²) in [5, 5.41) is 11.2. The highest BCUT2D eigenvalue weighted by atomic mass is 16.3. The van der Waals surface area contributed by atoms with E-state index >= 15 is 0 Å². The van der Waals surface area contributed by atoms with Gasteiger partial charge in [0.15, 0.2) is 11.5 Å². The molecule has 0 saturated heterocycles. The van der Waals surface area contributed by atoms with Crippen LogP contribution in [0.15, 0.2) is 11.3 Å². The fraction of sp³-hybridized carbons (Fsp3) is 0.333. The number of carbonyl (C=O) groups is 2. The predicted molar refractivity (Wildman–Crippen MR) is 33.3 cm³/mol. The molecule has 1 rings (SSSR count). The first-order valence-corrected chi connectivity index (χ1v) is 2.84. The Bertz CT molecular complexity index is 229. The Morgan fingerprint density at radius 2 is 2.30 bits per heavy atom. The zero-order valence-electron chi connectivity index (χ0n) is 5.47. The first-order valence-electron chi connectivity index (χ1n) is 2.84. The predicted octanol–water partition coefficient (Wildman–Crippen LogP) is -0.483. The number of amides is 1. The lowest BCUT2D eigenvalue weighted by atomic mass is 10.2. The molecule has 1 aliphatic heterocycles. The highest BCUT2D eigenvalue weighted by Crippen LogP contribution is 2.07. The first kappa shape index (κ1) is 6.80. The van der Waals surface area contributed by atoms with Crippen LogP contribution in [0, 0.1) is 0 Å². The van der Waals surface area contributed by atoms with Crippen molar-refractivity contribution in [2.24, 2.45) is 0 Å². The average molecular weight is 141 g/mol. The number of aliphatic hydroxyl groups excluding tert-OH is 1. The molecule has 0 aromatic heterocycles. The Kier molecular flexibility index (Phi) is 1.45. The van der Waals surface area contributed by atoms with Gasteiger partial charge in [0.1, 0.15) is 0 Å². The Balaban J connectivity index is 2.96. The van der Waals surface area contributed by atoms with Gasteiger partial charge in [-0.2, -0.15) is 0 Å². The van der Waals surface area contributed by atoms with Gasteiger partial charge in [0.25, 0.3) is 5.91 Å². The Morgan fingerprint density at radius 1 is 1.70 bits per heavy atom. The van der Waals surface area contributed by atoms with Gasteiger partial charge in [-0.3, -0.25) is 9.59 Å². The van der Waals surface area contributed by atoms with Crippen LogP contribution in [0.4, 0.5) is 0 Å². The number of hydrogen-bond acceptors (Lipinski definition) is 3. The standard InChI is InChI=1S/C6H7NO3/c1-3(8)4-2-7-6(10)5(4)9/h9H,2H2,1H3,(H,7,10). The molecule has 0 fully saturated rings. The summed E-state index contributed by atoms with van der Waals surface area (Å²) < 4.78 is 0. The summed E-state index contributed by atoms with van der Waals surface area (Å²) in [6, 6.07) is 0. The van der Waals surface area contributed by atoms with Gasteiger partial charge in [-0.15, -0.1) is 0 Å². The van der Waals surface area contributed by atoms with Crippen LogP contribution in [0.25, 0.3) is 0 Å². The van der Waals surface area contributed by atoms with Crippen LogP contribution in [-0.4, -0.2) is 23.3 Å². The van der Waals surface area contributed by atoms with E-state index in [0.29, 0.717) is 0 Å². The molecule has 1 aliphatic rings. The average Bonchev–Trinajstić information content (AvgIpc) is 2.14. The third kappa shape index (κ3) is 0.877. The number of hydrogen-bond donors (Lipinski definition) is 2. The molecule has 0 saturated carbocycles. The zero-order chi connectivity index (χ0) is 7.72. The van der Waals surface area contributed by atoms with E-state index in [0.717, 1.165) is 0 Å². The summed E-state index contributed by atoms with van der Waals surface area (Å²) in [4.78, 5) is 21.1. The summed E-state index contributed by atoms with van der Waals surface area (Å²) in [5.74, 6) is -1.27. The van der Waals surface area contributed by atoms with Crippen LogP contribution < -0.4 is 5.32 Å². The second-order valence-electron chi connectivity index (χ2n) is 2.07. The molecule has 54 valence electrons. The first-order chi connectivity index (χ1) is 4.63. The maximum atomic E-state index is 10.6. The molecule has 4 nitrogen and oxygen atoms in total. The van der Waals surface area contributed by atoms with E-state index < -0.39 is 11.7 Å². The summed E-state index contributed by atoms with van der Waals surface area (Å²) in [6.45, 7) is 1.46. The van der Waals surface area contributed by atoms with Crippen molar-refractivity contribution >= 4 is 11.7 Å². The molecule has 0 aromatic rings. The minimum atomic E-state index is -0.565. The van der Waals surface area contributed by atoms with Crippen molar-refractivity contribution in [2.75, 3.05) is 6.54 Å². The molecule has 0 unspecified atom stereocenters. The maximum Gasteiger partial charge on any atom is 0.286 e. The third-order valence-electron chi connectivity index (χ3n) is 1.35. The van der Waals surface area contributed by atoms with Gasteiger partial charge in [-0.05, 0) is 6.92 Å². The van der Waals surface area contributed by atoms with Crippen LogP contribution in [0.5, 0.6) is 0 Å². The van der Waals surface area contributed by atoms with E-state index in [1.807, 2.05) is 0 Å². The van der Waals surface area contributed by atoms with Gasteiger partial charge >= 0.3 is 0 Å². The van der Waals surface area contributed by atoms with Crippen LogP contribution >= 0.6 is 0 Å². The smallest absolute Gasteiger partial charge is 0.286 e. The summed E-state index contributed by atoms with van der Waals surface area (Å²) in [5.41, 5.74) is 0.171. The fourth-order valence-electron chi connectivity index (χ4n) is 0.764. The molecule has 0 radical (unpaired) electrons. The van der Waals surface area contributed by atoms with E-state index in [9.17, 15) is 9.59 Å². The van der Waals surface area contributed by atoms with Gasteiger partial charge in [-0.25, -0.2) is 0 Å². The van der Waals surface area contributed by atoms with Gasteiger partial charge in [0.2, 0.25) is 0 Å². The molecule has 4 heteroatoms. The molecule has 2 N–H and O–H groups in total. The lowest BCUT2D eigenvalue weighted by Crippen LogP contribution is -2.17. The van der Waals surface area contributed by atoms with Gasteiger partial charge < -0.3 is 10.4 Å². The molecule has 1 heterocycles. The van der Waals surface area contributed by atoms with Crippen molar-refractivity contribution in [3.8, 4) is 0 Å². The molecule has 0 aromatic carbocycles. The highest BCUT2D eigenvalue weighted by molar-refractivity contribution is 6.06. The number of Topliss-reactive ketones (excluding diaryl/α,β-unsaturated/α-hetero) is 1.